The van der Waals surface area contributed by atoms with Gasteiger partial charge in [-0.15, -0.1) is 0 Å². The largest absolute Gasteiger partial charge is 0.353 e. The van der Waals surface area contributed by atoms with Gasteiger partial charge in [0.1, 0.15) is 5.69 Å². The number of nitrogens with zero attached hydrogens (tertiary/aromatic N) is 3. The van der Waals surface area contributed by atoms with E-state index in [1.165, 1.54) is 11.3 Å². The third-order valence-electron chi connectivity index (χ3n) is 11.2. The van der Waals surface area contributed by atoms with Gasteiger partial charge in [-0.3, -0.25) is 44.6 Å². The fourth-order valence-electron chi connectivity index (χ4n) is 8.33. The Morgan fingerprint density at radius 1 is 1.02 bits per heavy atom. The van der Waals surface area contributed by atoms with Crippen LogP contribution in [0.2, 0.25) is 0 Å². The van der Waals surface area contributed by atoms with E-state index in [0.717, 1.165) is 47.2 Å². The molecule has 8 rings (SSSR count). The minimum absolute atomic E-state index is 0.0644. The van der Waals surface area contributed by atoms with Crippen LogP contribution in [0.5, 0.6) is 0 Å². The second kappa shape index (κ2) is 12.6. The number of imide groups is 2. The fourth-order valence-corrected chi connectivity index (χ4v) is 8.33. The third kappa shape index (κ3) is 5.93. The molecule has 264 valence electrons. The first kappa shape index (κ1) is 33.0. The molecule has 51 heavy (non-hydrogen) atoms. The highest BCUT2D eigenvalue weighted by Crippen LogP contribution is 2.41. The number of aromatic nitrogens is 3. The molecule has 0 spiro atoms. The number of H-pyrrole nitrogens is 2. The van der Waals surface area contributed by atoms with Gasteiger partial charge in [-0.2, -0.15) is 5.10 Å². The number of fused-ring (bicyclic) bond motifs is 3. The van der Waals surface area contributed by atoms with Crippen LogP contribution in [-0.4, -0.2) is 82.8 Å². The fraction of sp³-hybridized carbons (Fsp3) is 0.421. The minimum atomic E-state index is -0.821. The molecule has 1 aliphatic carbocycles. The van der Waals surface area contributed by atoms with Crippen molar-refractivity contribution in [1.29, 1.82) is 0 Å². The van der Waals surface area contributed by atoms with Gasteiger partial charge >= 0.3 is 0 Å². The molecule has 3 aliphatic heterocycles. The Labute approximate surface area is 294 Å². The highest BCUT2D eigenvalue weighted by atomic mass is 16.2. The summed E-state index contributed by atoms with van der Waals surface area (Å²) in [5.74, 6) is -2.95. The lowest BCUT2D eigenvalue weighted by Gasteiger charge is -2.38. The van der Waals surface area contributed by atoms with Crippen LogP contribution in [-0.2, 0) is 27.2 Å². The summed E-state index contributed by atoms with van der Waals surface area (Å²) in [6.07, 6.45) is 3.41. The molecule has 5 N–H and O–H groups in total. The number of rotatable bonds is 7. The van der Waals surface area contributed by atoms with Crippen molar-refractivity contribution in [2.75, 3.05) is 38.1 Å². The standard InChI is InChI=1S/C38H42N8O5/c1-38(2)11-10-22-28(19-38)43-44-34(22)27-16-20-4-5-21(17-26(20)40-27)45(3)31(48)18-29(46-14-12-39-13-15-46)23-6-7-25-33(37(51)42-36(25)50)32(23)24-8-9-30(47)41-35(24)49/h4-7,16-17,24,29,39-40H,8-15,18-19H2,1-3H3,(H,43,44)(H,41,47,49)(H,42,50,51). The van der Waals surface area contributed by atoms with Crippen LogP contribution in [0.4, 0.5) is 5.69 Å². The number of anilines is 1. The van der Waals surface area contributed by atoms with Gasteiger partial charge < -0.3 is 15.2 Å². The zero-order chi connectivity index (χ0) is 35.6. The van der Waals surface area contributed by atoms with Gasteiger partial charge in [0.05, 0.1) is 22.7 Å². The van der Waals surface area contributed by atoms with Crippen molar-refractivity contribution in [3.05, 3.63) is 69.9 Å². The van der Waals surface area contributed by atoms with Crippen molar-refractivity contribution in [3.63, 3.8) is 0 Å². The molecule has 4 aliphatic rings. The molecule has 2 atom stereocenters. The van der Waals surface area contributed by atoms with Crippen molar-refractivity contribution < 1.29 is 24.0 Å². The van der Waals surface area contributed by atoms with E-state index in [9.17, 15) is 24.0 Å². The first-order valence-electron chi connectivity index (χ1n) is 17.7. The van der Waals surface area contributed by atoms with Crippen LogP contribution < -0.4 is 20.9 Å². The van der Waals surface area contributed by atoms with E-state index in [-0.39, 0.29) is 47.6 Å². The third-order valence-corrected chi connectivity index (χ3v) is 11.2. The number of benzene rings is 2. The summed E-state index contributed by atoms with van der Waals surface area (Å²) in [6, 6.07) is 10.9. The van der Waals surface area contributed by atoms with Crippen LogP contribution in [0.25, 0.3) is 22.3 Å². The Morgan fingerprint density at radius 3 is 2.61 bits per heavy atom. The summed E-state index contributed by atoms with van der Waals surface area (Å²) in [5.41, 5.74) is 7.61. The smallest absolute Gasteiger partial charge is 0.259 e. The van der Waals surface area contributed by atoms with Crippen LogP contribution in [0, 0.1) is 5.41 Å². The van der Waals surface area contributed by atoms with Crippen molar-refractivity contribution in [1.82, 2.24) is 36.0 Å². The van der Waals surface area contributed by atoms with E-state index < -0.39 is 29.7 Å². The molecule has 2 unspecified atom stereocenters. The lowest BCUT2D eigenvalue weighted by atomic mass is 9.76. The number of hydrogen-bond acceptors (Lipinski definition) is 8. The first-order valence-corrected chi connectivity index (χ1v) is 17.7. The van der Waals surface area contributed by atoms with Crippen molar-refractivity contribution in [3.8, 4) is 11.4 Å². The van der Waals surface area contributed by atoms with E-state index in [0.29, 0.717) is 37.3 Å². The van der Waals surface area contributed by atoms with Gasteiger partial charge in [-0.05, 0) is 66.5 Å². The second-order valence-corrected chi connectivity index (χ2v) is 15.1. The Kier molecular flexibility index (Phi) is 8.14. The quantitative estimate of drug-likeness (QED) is 0.184. The van der Waals surface area contributed by atoms with E-state index >= 15 is 0 Å². The van der Waals surface area contributed by atoms with Gasteiger partial charge in [0.25, 0.3) is 11.8 Å². The van der Waals surface area contributed by atoms with Gasteiger partial charge in [0.15, 0.2) is 0 Å². The molecule has 13 heteroatoms. The molecule has 0 bridgehead atoms. The van der Waals surface area contributed by atoms with Crippen LogP contribution in [0.1, 0.15) is 94.6 Å². The molecular formula is C38H42N8O5. The maximum Gasteiger partial charge on any atom is 0.259 e. The molecule has 0 radical (unpaired) electrons. The molecule has 5 heterocycles. The molecule has 2 saturated heterocycles. The summed E-state index contributed by atoms with van der Waals surface area (Å²) in [7, 11) is 1.75. The predicted octanol–water partition coefficient (Wildman–Crippen LogP) is 3.48. The van der Waals surface area contributed by atoms with E-state index in [2.05, 4.69) is 55.9 Å². The second-order valence-electron chi connectivity index (χ2n) is 15.1. The number of carbonyl (C=O) groups excluding carboxylic acids is 5. The van der Waals surface area contributed by atoms with E-state index in [1.807, 2.05) is 18.2 Å². The zero-order valence-corrected chi connectivity index (χ0v) is 29.1. The number of aromatic amines is 2. The topological polar surface area (TPSA) is 172 Å². The Hall–Kier alpha value is -5.14. The number of piperazine rings is 1. The Bertz CT molecular complexity index is 2120. The lowest BCUT2D eigenvalue weighted by Crippen LogP contribution is -2.47. The van der Waals surface area contributed by atoms with E-state index in [4.69, 9.17) is 0 Å². The summed E-state index contributed by atoms with van der Waals surface area (Å²) >= 11 is 0. The summed E-state index contributed by atoms with van der Waals surface area (Å²) in [6.45, 7) is 7.28. The maximum atomic E-state index is 14.3. The first-order chi connectivity index (χ1) is 24.5. The summed E-state index contributed by atoms with van der Waals surface area (Å²) in [5, 5.41) is 17.1. The number of piperidine rings is 1. The number of nitrogens with one attached hydrogen (secondary N) is 5. The Balaban J connectivity index is 1.12. The molecule has 5 amide bonds. The SMILES string of the molecule is CN(C(=O)CC(c1ccc2c(c1C1CCC(=O)NC1=O)C(=O)NC2=O)N1CCNCC1)c1ccc2cc(-c3n[nH]c4c3CCC(C)(C)C4)[nH]c2c1. The number of carbonyl (C=O) groups is 5. The molecular weight excluding hydrogens is 648 g/mol. The molecule has 2 aromatic heterocycles. The molecule has 2 aromatic carbocycles. The molecule has 0 saturated carbocycles. The van der Waals surface area contributed by atoms with Gasteiger partial charge in [-0.25, -0.2) is 0 Å². The Morgan fingerprint density at radius 2 is 1.82 bits per heavy atom. The highest BCUT2D eigenvalue weighted by Gasteiger charge is 2.41. The van der Waals surface area contributed by atoms with Crippen LogP contribution >= 0.6 is 0 Å². The number of hydrogen-bond donors (Lipinski definition) is 5. The summed E-state index contributed by atoms with van der Waals surface area (Å²) < 4.78 is 0. The van der Waals surface area contributed by atoms with Gasteiger partial charge in [-0.1, -0.05) is 26.0 Å². The predicted molar refractivity (Wildman–Crippen MR) is 190 cm³/mol. The van der Waals surface area contributed by atoms with Crippen molar-refractivity contribution >= 4 is 46.1 Å². The average Bonchev–Trinajstić information content (AvgIpc) is 3.80. The normalized spacial score (nSPS) is 20.9. The lowest BCUT2D eigenvalue weighted by molar-refractivity contribution is -0.134. The molecule has 13 nitrogen and oxygen atoms in total. The molecule has 2 fully saturated rings. The molecule has 4 aromatic rings. The highest BCUT2D eigenvalue weighted by molar-refractivity contribution is 6.23. The van der Waals surface area contributed by atoms with Crippen molar-refractivity contribution in [2.45, 2.75) is 64.3 Å². The van der Waals surface area contributed by atoms with Crippen LogP contribution in [0.15, 0.2) is 36.4 Å². The maximum absolute atomic E-state index is 14.3. The van der Waals surface area contributed by atoms with Gasteiger partial charge in [0, 0.05) is 80.0 Å². The minimum Gasteiger partial charge on any atom is -0.353 e. The van der Waals surface area contributed by atoms with Crippen LogP contribution in [0.3, 0.4) is 0 Å². The average molecular weight is 691 g/mol. The summed E-state index contributed by atoms with van der Waals surface area (Å²) in [4.78, 5) is 73.0. The monoisotopic (exact) mass is 690 g/mol. The number of amides is 5. The van der Waals surface area contributed by atoms with Crippen molar-refractivity contribution in [2.24, 2.45) is 5.41 Å². The van der Waals surface area contributed by atoms with Gasteiger partial charge in [0.2, 0.25) is 17.7 Å². The van der Waals surface area contributed by atoms with E-state index in [1.54, 1.807) is 24.1 Å². The zero-order valence-electron chi connectivity index (χ0n) is 29.1.